The van der Waals surface area contributed by atoms with Crippen molar-refractivity contribution in [2.45, 2.75) is 24.6 Å². The molecule has 1 fully saturated rings. The number of aromatic amines is 1. The van der Waals surface area contributed by atoms with Crippen molar-refractivity contribution in [3.63, 3.8) is 0 Å². The molecule has 2 heterocycles. The Kier molecular flexibility index (Phi) is 1.92. The monoisotopic (exact) mass is 216 g/mol. The summed E-state index contributed by atoms with van der Waals surface area (Å²) in [5.74, 6) is 1.55. The fourth-order valence-electron chi connectivity index (χ4n) is 1.49. The molecule has 1 aromatic rings. The number of H-pyrrole nitrogens is 1. The second-order valence-corrected chi connectivity index (χ2v) is 5.75. The Morgan fingerprint density at radius 1 is 1.77 bits per heavy atom. The van der Waals surface area contributed by atoms with Crippen LogP contribution in [-0.2, 0) is 0 Å². The maximum absolute atomic E-state index is 5.72. The molecule has 0 saturated carbocycles. The molecule has 3 N–H and O–H groups in total. The fourth-order valence-corrected chi connectivity index (χ4v) is 3.00. The molecule has 1 atom stereocenters. The number of thioether (sulfide) groups is 1. The Morgan fingerprint density at radius 3 is 2.77 bits per heavy atom. The maximum Gasteiger partial charge on any atom is 0.220 e. The van der Waals surface area contributed by atoms with Crippen LogP contribution in [0.2, 0.25) is 0 Å². The number of hydrogen-bond acceptors (Lipinski definition) is 4. The van der Waals surface area contributed by atoms with Crippen LogP contribution in [0, 0.1) is 4.77 Å². The first kappa shape index (κ1) is 9.08. The predicted octanol–water partition coefficient (Wildman–Crippen LogP) is 1.59. The normalized spacial score (nSPS) is 25.5. The van der Waals surface area contributed by atoms with E-state index in [2.05, 4.69) is 24.0 Å². The van der Waals surface area contributed by atoms with Crippen molar-refractivity contribution < 1.29 is 0 Å². The third kappa shape index (κ3) is 1.28. The van der Waals surface area contributed by atoms with Gasteiger partial charge in [0.25, 0.3) is 0 Å². The summed E-state index contributed by atoms with van der Waals surface area (Å²) >= 11 is 7.03. The molecule has 0 aliphatic carbocycles. The largest absolute Gasteiger partial charge is 0.368 e. The Bertz CT molecular complexity index is 378. The molecule has 4 nitrogen and oxygen atoms in total. The van der Waals surface area contributed by atoms with Crippen LogP contribution in [-0.4, -0.2) is 25.3 Å². The lowest BCUT2D eigenvalue weighted by Gasteiger charge is -2.44. The van der Waals surface area contributed by atoms with Crippen LogP contribution < -0.4 is 5.73 Å². The van der Waals surface area contributed by atoms with Gasteiger partial charge in [-0.1, -0.05) is 0 Å². The molecule has 0 amide bonds. The summed E-state index contributed by atoms with van der Waals surface area (Å²) in [5, 5.41) is 6.60. The Labute approximate surface area is 85.9 Å². The van der Waals surface area contributed by atoms with Crippen LogP contribution >= 0.6 is 24.0 Å². The first-order chi connectivity index (χ1) is 6.02. The summed E-state index contributed by atoms with van der Waals surface area (Å²) in [6, 6.07) is 0.378. The molecule has 13 heavy (non-hydrogen) atoms. The zero-order valence-corrected chi connectivity index (χ0v) is 9.21. The minimum atomic E-state index is 0.218. The van der Waals surface area contributed by atoms with Crippen LogP contribution in [0.1, 0.15) is 19.9 Å². The number of nitrogen functional groups attached to an aromatic ring is 1. The molecule has 1 saturated heterocycles. The van der Waals surface area contributed by atoms with Gasteiger partial charge in [0, 0.05) is 10.5 Å². The van der Waals surface area contributed by atoms with Crippen LogP contribution in [0.3, 0.4) is 0 Å². The lowest BCUT2D eigenvalue weighted by molar-refractivity contribution is 0.418. The van der Waals surface area contributed by atoms with Gasteiger partial charge in [-0.15, -0.1) is 5.10 Å². The van der Waals surface area contributed by atoms with Gasteiger partial charge in [-0.3, -0.25) is 4.57 Å². The van der Waals surface area contributed by atoms with Crippen molar-refractivity contribution in [1.29, 1.82) is 0 Å². The van der Waals surface area contributed by atoms with E-state index < -0.39 is 0 Å². The van der Waals surface area contributed by atoms with Gasteiger partial charge in [-0.05, 0) is 26.1 Å². The van der Waals surface area contributed by atoms with E-state index in [1.807, 2.05) is 16.3 Å². The van der Waals surface area contributed by atoms with Crippen LogP contribution in [0.25, 0.3) is 0 Å². The van der Waals surface area contributed by atoms with Gasteiger partial charge in [0.05, 0.1) is 6.04 Å². The van der Waals surface area contributed by atoms with E-state index in [1.165, 1.54) is 0 Å². The third-order valence-electron chi connectivity index (χ3n) is 2.46. The summed E-state index contributed by atoms with van der Waals surface area (Å²) in [4.78, 5) is 0. The molecule has 72 valence electrons. The fraction of sp³-hybridized carbons (Fsp3) is 0.714. The minimum Gasteiger partial charge on any atom is -0.368 e. The van der Waals surface area contributed by atoms with Crippen molar-refractivity contribution in [2.75, 3.05) is 11.5 Å². The standard InChI is InChI=1S/C7H12N4S2/c1-7(2)4(3-13-7)11-5(8)9-10-6(11)12/h4H,3H2,1-2H3,(H2,8,9)(H,10,12). The van der Waals surface area contributed by atoms with Crippen LogP contribution in [0.5, 0.6) is 0 Å². The molecule has 0 aromatic carbocycles. The molecule has 1 aliphatic rings. The van der Waals surface area contributed by atoms with Crippen molar-refractivity contribution in [1.82, 2.24) is 14.8 Å². The SMILES string of the molecule is CC1(C)SCC1n1c(N)n[nH]c1=S. The van der Waals surface area contributed by atoms with E-state index in [0.29, 0.717) is 16.8 Å². The highest BCUT2D eigenvalue weighted by Crippen LogP contribution is 2.48. The van der Waals surface area contributed by atoms with Gasteiger partial charge in [-0.25, -0.2) is 5.10 Å². The Hall–Kier alpha value is -0.490. The molecule has 1 aliphatic heterocycles. The smallest absolute Gasteiger partial charge is 0.220 e. The summed E-state index contributed by atoms with van der Waals surface area (Å²) < 4.78 is 2.75. The topological polar surface area (TPSA) is 59.6 Å². The van der Waals surface area contributed by atoms with E-state index in [9.17, 15) is 0 Å². The number of hydrogen-bond donors (Lipinski definition) is 2. The van der Waals surface area contributed by atoms with Gasteiger partial charge in [0.2, 0.25) is 5.95 Å². The van der Waals surface area contributed by atoms with Crippen molar-refractivity contribution >= 4 is 29.9 Å². The average Bonchev–Trinajstić information content (AvgIpc) is 2.34. The van der Waals surface area contributed by atoms with Crippen molar-refractivity contribution in [3.8, 4) is 0 Å². The van der Waals surface area contributed by atoms with Gasteiger partial charge in [0.1, 0.15) is 0 Å². The molecule has 1 unspecified atom stereocenters. The number of nitrogens with one attached hydrogen (secondary N) is 1. The number of rotatable bonds is 1. The van der Waals surface area contributed by atoms with Crippen LogP contribution in [0.4, 0.5) is 5.95 Å². The number of anilines is 1. The van der Waals surface area contributed by atoms with Crippen LogP contribution in [0.15, 0.2) is 0 Å². The predicted molar refractivity (Wildman–Crippen MR) is 57.4 cm³/mol. The van der Waals surface area contributed by atoms with E-state index in [1.54, 1.807) is 0 Å². The Morgan fingerprint density at radius 2 is 2.46 bits per heavy atom. The van der Waals surface area contributed by atoms with Gasteiger partial charge < -0.3 is 5.73 Å². The van der Waals surface area contributed by atoms with Gasteiger partial charge in [-0.2, -0.15) is 11.8 Å². The number of aromatic nitrogens is 3. The Balaban J connectivity index is 2.42. The molecule has 6 heteroatoms. The molecular formula is C7H12N4S2. The van der Waals surface area contributed by atoms with E-state index >= 15 is 0 Å². The summed E-state index contributed by atoms with van der Waals surface area (Å²) in [7, 11) is 0. The van der Waals surface area contributed by atoms with E-state index in [-0.39, 0.29) is 4.75 Å². The quantitative estimate of drug-likeness (QED) is 0.700. The molecule has 0 radical (unpaired) electrons. The molecule has 2 rings (SSSR count). The van der Waals surface area contributed by atoms with Gasteiger partial charge in [0.15, 0.2) is 4.77 Å². The average molecular weight is 216 g/mol. The molecular weight excluding hydrogens is 204 g/mol. The summed E-state index contributed by atoms with van der Waals surface area (Å²) in [5.41, 5.74) is 5.72. The highest BCUT2D eigenvalue weighted by Gasteiger charge is 2.42. The lowest BCUT2D eigenvalue weighted by Crippen LogP contribution is -2.42. The number of nitrogens with two attached hydrogens (primary N) is 1. The van der Waals surface area contributed by atoms with E-state index in [4.69, 9.17) is 18.0 Å². The minimum absolute atomic E-state index is 0.218. The first-order valence-electron chi connectivity index (χ1n) is 4.09. The van der Waals surface area contributed by atoms with Crippen molar-refractivity contribution in [2.24, 2.45) is 0 Å². The second-order valence-electron chi connectivity index (χ2n) is 3.69. The van der Waals surface area contributed by atoms with Crippen molar-refractivity contribution in [3.05, 3.63) is 4.77 Å². The molecule has 0 bridgehead atoms. The highest BCUT2D eigenvalue weighted by molar-refractivity contribution is 8.02. The summed E-state index contributed by atoms with van der Waals surface area (Å²) in [6.45, 7) is 4.39. The number of nitrogens with zero attached hydrogens (tertiary/aromatic N) is 2. The van der Waals surface area contributed by atoms with Gasteiger partial charge >= 0.3 is 0 Å². The zero-order valence-electron chi connectivity index (χ0n) is 7.57. The third-order valence-corrected chi connectivity index (χ3v) is 4.25. The molecule has 0 spiro atoms. The highest BCUT2D eigenvalue weighted by atomic mass is 32.2. The zero-order chi connectivity index (χ0) is 9.64. The first-order valence-corrected chi connectivity index (χ1v) is 5.48. The maximum atomic E-state index is 5.72. The summed E-state index contributed by atoms with van der Waals surface area (Å²) in [6.07, 6.45) is 0. The second kappa shape index (κ2) is 2.75. The molecule has 1 aromatic heterocycles. The lowest BCUT2D eigenvalue weighted by atomic mass is 10.0. The van der Waals surface area contributed by atoms with E-state index in [0.717, 1.165) is 5.75 Å².